The molecule has 8 heteroatoms. The van der Waals surface area contributed by atoms with Gasteiger partial charge in [0.05, 0.1) is 11.7 Å². The highest BCUT2D eigenvalue weighted by Gasteiger charge is 2.42. The summed E-state index contributed by atoms with van der Waals surface area (Å²) in [7, 11) is 2.23. The lowest BCUT2D eigenvalue weighted by molar-refractivity contribution is 0.0951. The Labute approximate surface area is 230 Å². The van der Waals surface area contributed by atoms with Crippen molar-refractivity contribution in [2.75, 3.05) is 32.0 Å². The summed E-state index contributed by atoms with van der Waals surface area (Å²) in [5.74, 6) is 0.468. The molecular weight excluding hydrogens is 488 g/mol. The Balaban J connectivity index is 1.27. The lowest BCUT2D eigenvalue weighted by Gasteiger charge is -2.36. The minimum absolute atomic E-state index is 0.0733. The van der Waals surface area contributed by atoms with Crippen LogP contribution in [0.3, 0.4) is 0 Å². The Morgan fingerprint density at radius 1 is 1.10 bits per heavy atom. The first-order valence-corrected chi connectivity index (χ1v) is 14.1. The van der Waals surface area contributed by atoms with Gasteiger partial charge < -0.3 is 15.5 Å². The molecule has 4 atom stereocenters. The van der Waals surface area contributed by atoms with Crippen molar-refractivity contribution in [3.05, 3.63) is 88.0 Å². The lowest BCUT2D eigenvalue weighted by Crippen LogP contribution is -2.46. The summed E-state index contributed by atoms with van der Waals surface area (Å²) in [5.41, 5.74) is 3.07. The predicted molar refractivity (Wildman–Crippen MR) is 153 cm³/mol. The van der Waals surface area contributed by atoms with Gasteiger partial charge in [-0.05, 0) is 62.4 Å². The van der Waals surface area contributed by atoms with Crippen molar-refractivity contribution in [3.8, 4) is 5.69 Å². The highest BCUT2D eigenvalue weighted by atomic mass is 16.2. The monoisotopic (exact) mass is 526 g/mol. The molecule has 204 valence electrons. The minimum Gasteiger partial charge on any atom is -0.358 e. The van der Waals surface area contributed by atoms with Crippen molar-refractivity contribution in [2.45, 2.75) is 57.3 Å². The van der Waals surface area contributed by atoms with Gasteiger partial charge in [-0.15, -0.1) is 0 Å². The third-order valence-corrected chi connectivity index (χ3v) is 8.65. The van der Waals surface area contributed by atoms with Crippen LogP contribution < -0.4 is 16.2 Å². The molecule has 1 aromatic heterocycles. The summed E-state index contributed by atoms with van der Waals surface area (Å²) < 4.78 is 1.60. The highest BCUT2D eigenvalue weighted by Crippen LogP contribution is 2.33. The third-order valence-electron chi connectivity index (χ3n) is 8.65. The molecule has 1 aliphatic carbocycles. The number of benzene rings is 2. The Kier molecular flexibility index (Phi) is 6.99. The van der Waals surface area contributed by atoms with Gasteiger partial charge in [-0.25, -0.2) is 4.98 Å². The van der Waals surface area contributed by atoms with Crippen LogP contribution in [0.2, 0.25) is 0 Å². The molecule has 1 saturated carbocycles. The normalized spacial score (nSPS) is 22.5. The first-order valence-electron chi connectivity index (χ1n) is 14.1. The molecule has 2 N–H and O–H groups in total. The quantitative estimate of drug-likeness (QED) is 0.443. The van der Waals surface area contributed by atoms with E-state index in [1.807, 2.05) is 37.3 Å². The van der Waals surface area contributed by atoms with Gasteiger partial charge in [-0.3, -0.25) is 19.1 Å². The third kappa shape index (κ3) is 5.36. The second-order valence-electron chi connectivity index (χ2n) is 11.6. The number of nitrogens with one attached hydrogen (secondary N) is 2. The summed E-state index contributed by atoms with van der Waals surface area (Å²) in [4.78, 5) is 36.1. The number of hydrogen-bond acceptors (Lipinski definition) is 6. The Morgan fingerprint density at radius 2 is 1.90 bits per heavy atom. The number of hydrogen-bond donors (Lipinski definition) is 2. The van der Waals surface area contributed by atoms with E-state index >= 15 is 0 Å². The van der Waals surface area contributed by atoms with Gasteiger partial charge in [-0.2, -0.15) is 0 Å². The number of carbonyl (C=O) groups excluding carboxylic acids is 1. The van der Waals surface area contributed by atoms with Crippen molar-refractivity contribution in [1.29, 1.82) is 0 Å². The highest BCUT2D eigenvalue weighted by molar-refractivity contribution is 5.95. The van der Waals surface area contributed by atoms with E-state index in [4.69, 9.17) is 0 Å². The summed E-state index contributed by atoms with van der Waals surface area (Å²) in [6.45, 7) is 7.40. The zero-order valence-electron chi connectivity index (χ0n) is 23.0. The molecule has 3 heterocycles. The molecule has 0 radical (unpaired) electrons. The molecule has 39 heavy (non-hydrogen) atoms. The van der Waals surface area contributed by atoms with Crippen molar-refractivity contribution >= 4 is 11.7 Å². The van der Waals surface area contributed by atoms with E-state index < -0.39 is 0 Å². The zero-order valence-corrected chi connectivity index (χ0v) is 23.0. The number of carbonyl (C=O) groups is 1. The van der Waals surface area contributed by atoms with E-state index in [-0.39, 0.29) is 29.5 Å². The Morgan fingerprint density at radius 3 is 2.59 bits per heavy atom. The van der Waals surface area contributed by atoms with Gasteiger partial charge in [-0.1, -0.05) is 43.3 Å². The summed E-state index contributed by atoms with van der Waals surface area (Å²) in [5, 5.41) is 6.57. The van der Waals surface area contributed by atoms with Gasteiger partial charge in [0.2, 0.25) is 0 Å². The second-order valence-corrected chi connectivity index (χ2v) is 11.6. The van der Waals surface area contributed by atoms with Crippen LogP contribution in [0.15, 0.2) is 65.7 Å². The van der Waals surface area contributed by atoms with E-state index in [1.165, 1.54) is 6.42 Å². The summed E-state index contributed by atoms with van der Waals surface area (Å²) >= 11 is 0. The second kappa shape index (κ2) is 10.6. The molecule has 3 aliphatic rings. The van der Waals surface area contributed by atoms with Crippen molar-refractivity contribution in [1.82, 2.24) is 24.7 Å². The summed E-state index contributed by atoms with van der Waals surface area (Å²) in [6.07, 6.45) is 6.63. The van der Waals surface area contributed by atoms with Gasteiger partial charge in [0.1, 0.15) is 0 Å². The fraction of sp³-hybridized carbons (Fsp3) is 0.452. The van der Waals surface area contributed by atoms with Crippen LogP contribution in [0.25, 0.3) is 5.69 Å². The van der Waals surface area contributed by atoms with Gasteiger partial charge in [0, 0.05) is 55.7 Å². The maximum Gasteiger partial charge on any atom is 0.297 e. The molecule has 2 aliphatic heterocycles. The topological polar surface area (TPSA) is 82.5 Å². The van der Waals surface area contributed by atoms with Crippen LogP contribution in [0.5, 0.6) is 0 Å². The number of likely N-dealkylation sites (N-methyl/N-ethyl adjacent to an activating group) is 1. The van der Waals surface area contributed by atoms with Crippen LogP contribution in [-0.2, 0) is 0 Å². The smallest absolute Gasteiger partial charge is 0.297 e. The van der Waals surface area contributed by atoms with Crippen LogP contribution >= 0.6 is 0 Å². The SMILES string of the molecule is Cc1ccc(C(=O)NC2CC2)cc1-n1ccnc(N[C@@H](c2ccccc2)[C@H](C)CN2CC3CC2CN3C)c1=O. The van der Waals surface area contributed by atoms with Crippen LogP contribution in [-0.4, -0.2) is 70.1 Å². The number of likely N-dealkylation sites (tertiary alicyclic amines) is 2. The van der Waals surface area contributed by atoms with Crippen molar-refractivity contribution in [3.63, 3.8) is 0 Å². The lowest BCUT2D eigenvalue weighted by atomic mass is 9.93. The maximum absolute atomic E-state index is 13.8. The molecule has 3 fully saturated rings. The molecule has 1 amide bonds. The summed E-state index contributed by atoms with van der Waals surface area (Å²) in [6, 6.07) is 17.3. The minimum atomic E-state index is -0.227. The molecule has 0 spiro atoms. The molecule has 6 rings (SSSR count). The predicted octanol–water partition coefficient (Wildman–Crippen LogP) is 3.61. The van der Waals surface area contributed by atoms with E-state index in [0.29, 0.717) is 29.2 Å². The standard InChI is InChI=1S/C31H38N6O2/c1-20-9-10-23(30(38)33-24-11-12-24)15-27(20)37-14-13-32-29(31(37)39)34-28(22-7-5-4-6-8-22)21(2)17-36-19-25-16-26(36)18-35(25)3/h4-10,13-15,21,24-26,28H,11-12,16-19H2,1-3H3,(H,32,34)(H,33,38)/t21-,25?,26?,28-/m1/s1. The molecule has 2 bridgehead atoms. The average Bonchev–Trinajstić information content (AvgIpc) is 3.56. The number of nitrogens with zero attached hydrogens (tertiary/aromatic N) is 4. The number of aromatic nitrogens is 2. The van der Waals surface area contributed by atoms with Crippen molar-refractivity contribution < 1.29 is 4.79 Å². The first-order chi connectivity index (χ1) is 18.9. The first kappa shape index (κ1) is 25.8. The Hall–Kier alpha value is -3.49. The number of fused-ring (bicyclic) bond motifs is 2. The molecule has 2 unspecified atom stereocenters. The average molecular weight is 527 g/mol. The van der Waals surface area contributed by atoms with E-state index in [0.717, 1.165) is 43.6 Å². The number of piperazine rings is 1. The fourth-order valence-electron chi connectivity index (χ4n) is 6.22. The van der Waals surface area contributed by atoms with E-state index in [1.54, 1.807) is 23.0 Å². The number of rotatable bonds is 9. The van der Waals surface area contributed by atoms with Gasteiger partial charge in [0.15, 0.2) is 5.82 Å². The maximum atomic E-state index is 13.8. The molecule has 8 nitrogen and oxygen atoms in total. The van der Waals surface area contributed by atoms with Gasteiger partial charge >= 0.3 is 0 Å². The zero-order chi connectivity index (χ0) is 27.1. The largest absolute Gasteiger partial charge is 0.358 e. The molecule has 2 saturated heterocycles. The number of anilines is 1. The van der Waals surface area contributed by atoms with Crippen LogP contribution in [0, 0.1) is 12.8 Å². The van der Waals surface area contributed by atoms with E-state index in [9.17, 15) is 9.59 Å². The molecular formula is C31H38N6O2. The van der Waals surface area contributed by atoms with Crippen LogP contribution in [0.4, 0.5) is 5.82 Å². The Bertz CT molecular complexity index is 1400. The van der Waals surface area contributed by atoms with Gasteiger partial charge in [0.25, 0.3) is 11.5 Å². The number of amides is 1. The molecule has 2 aromatic carbocycles. The number of aryl methyl sites for hydroxylation is 1. The molecule has 3 aromatic rings. The van der Waals surface area contributed by atoms with Crippen LogP contribution in [0.1, 0.15) is 53.7 Å². The fourth-order valence-corrected chi connectivity index (χ4v) is 6.22. The van der Waals surface area contributed by atoms with E-state index in [2.05, 4.69) is 51.5 Å². The van der Waals surface area contributed by atoms with Crippen molar-refractivity contribution in [2.24, 2.45) is 5.92 Å².